The normalized spacial score (nSPS) is 14.2. The lowest BCUT2D eigenvalue weighted by Gasteiger charge is -2.06. The monoisotopic (exact) mass is 258 g/mol. The Labute approximate surface area is 96.7 Å². The van der Waals surface area contributed by atoms with Crippen LogP contribution in [0.1, 0.15) is 20.3 Å². The lowest BCUT2D eigenvalue weighted by Crippen LogP contribution is -2.13. The summed E-state index contributed by atoms with van der Waals surface area (Å²) in [5, 5.41) is 0. The van der Waals surface area contributed by atoms with E-state index in [-0.39, 0.29) is 0 Å². The van der Waals surface area contributed by atoms with Gasteiger partial charge in [-0.2, -0.15) is 11.8 Å². The maximum Gasteiger partial charge on any atom is 0.151 e. The standard InChI is InChI=1S/C9H19ClO2S2/c1-3-5-14(11,12)6-4-13-8-9(2)7-10/h9H,3-8H2,1-2H3. The summed E-state index contributed by atoms with van der Waals surface area (Å²) in [5.41, 5.74) is 0. The van der Waals surface area contributed by atoms with Crippen LogP contribution in [0, 0.1) is 5.92 Å². The summed E-state index contributed by atoms with van der Waals surface area (Å²) in [4.78, 5) is 0. The van der Waals surface area contributed by atoms with Crippen molar-refractivity contribution in [1.29, 1.82) is 0 Å². The minimum absolute atomic E-state index is 0.306. The molecule has 0 fully saturated rings. The molecule has 0 rings (SSSR count). The van der Waals surface area contributed by atoms with E-state index in [4.69, 9.17) is 11.6 Å². The van der Waals surface area contributed by atoms with Gasteiger partial charge in [-0.1, -0.05) is 13.8 Å². The molecule has 0 aliphatic carbocycles. The number of rotatable bonds is 8. The number of sulfone groups is 1. The van der Waals surface area contributed by atoms with Crippen LogP contribution in [0.2, 0.25) is 0 Å². The van der Waals surface area contributed by atoms with Crippen LogP contribution in [0.4, 0.5) is 0 Å². The van der Waals surface area contributed by atoms with Crippen molar-refractivity contribution >= 4 is 33.2 Å². The second kappa shape index (κ2) is 7.83. The molecule has 0 aliphatic heterocycles. The highest BCUT2D eigenvalue weighted by atomic mass is 35.5. The molecule has 0 spiro atoms. The molecule has 86 valence electrons. The predicted octanol–water partition coefficient (Wildman–Crippen LogP) is 2.42. The van der Waals surface area contributed by atoms with Gasteiger partial charge in [0.2, 0.25) is 0 Å². The third-order valence-electron chi connectivity index (χ3n) is 1.72. The molecule has 0 radical (unpaired) electrons. The number of hydrogen-bond acceptors (Lipinski definition) is 3. The first-order valence-electron chi connectivity index (χ1n) is 4.86. The molecule has 1 unspecified atom stereocenters. The van der Waals surface area contributed by atoms with Crippen LogP contribution in [-0.2, 0) is 9.84 Å². The van der Waals surface area contributed by atoms with Crippen LogP contribution in [0.5, 0.6) is 0 Å². The first-order valence-corrected chi connectivity index (χ1v) is 8.37. The second-order valence-corrected chi connectivity index (χ2v) is 7.25. The molecule has 0 saturated heterocycles. The van der Waals surface area contributed by atoms with E-state index in [1.165, 1.54) is 0 Å². The summed E-state index contributed by atoms with van der Waals surface area (Å²) in [5.74, 6) is 3.39. The van der Waals surface area contributed by atoms with E-state index < -0.39 is 9.84 Å². The van der Waals surface area contributed by atoms with Crippen LogP contribution in [0.15, 0.2) is 0 Å². The molecule has 0 heterocycles. The van der Waals surface area contributed by atoms with Gasteiger partial charge >= 0.3 is 0 Å². The summed E-state index contributed by atoms with van der Waals surface area (Å²) >= 11 is 7.31. The van der Waals surface area contributed by atoms with Gasteiger partial charge in [0.1, 0.15) is 0 Å². The molecule has 0 bridgehead atoms. The average Bonchev–Trinajstić information content (AvgIpc) is 2.12. The van der Waals surface area contributed by atoms with Gasteiger partial charge in [-0.15, -0.1) is 11.6 Å². The highest BCUT2D eigenvalue weighted by Crippen LogP contribution is 2.10. The molecule has 0 saturated carbocycles. The highest BCUT2D eigenvalue weighted by molar-refractivity contribution is 8.00. The van der Waals surface area contributed by atoms with Crippen LogP contribution >= 0.6 is 23.4 Å². The Morgan fingerprint density at radius 3 is 2.50 bits per heavy atom. The molecular formula is C9H19ClO2S2. The zero-order valence-corrected chi connectivity index (χ0v) is 11.2. The van der Waals surface area contributed by atoms with Crippen molar-refractivity contribution in [3.05, 3.63) is 0 Å². The maximum absolute atomic E-state index is 11.3. The molecule has 0 aliphatic rings. The third kappa shape index (κ3) is 7.94. The first-order chi connectivity index (χ1) is 6.52. The van der Waals surface area contributed by atoms with E-state index in [1.54, 1.807) is 11.8 Å². The van der Waals surface area contributed by atoms with E-state index in [0.29, 0.717) is 35.5 Å². The van der Waals surface area contributed by atoms with Crippen LogP contribution in [0.3, 0.4) is 0 Å². The van der Waals surface area contributed by atoms with Crippen LogP contribution < -0.4 is 0 Å². The van der Waals surface area contributed by atoms with Gasteiger partial charge in [0.25, 0.3) is 0 Å². The molecule has 1 atom stereocenters. The van der Waals surface area contributed by atoms with Crippen LogP contribution in [-0.4, -0.2) is 37.3 Å². The minimum atomic E-state index is -2.79. The quantitative estimate of drug-likeness (QED) is 0.495. The van der Waals surface area contributed by atoms with Crippen molar-refractivity contribution in [2.45, 2.75) is 20.3 Å². The lowest BCUT2D eigenvalue weighted by molar-refractivity contribution is 0.596. The Morgan fingerprint density at radius 1 is 1.36 bits per heavy atom. The van der Waals surface area contributed by atoms with Crippen LogP contribution in [0.25, 0.3) is 0 Å². The number of alkyl halides is 1. The van der Waals surface area contributed by atoms with E-state index in [9.17, 15) is 8.42 Å². The van der Waals surface area contributed by atoms with Gasteiger partial charge in [-0.05, 0) is 18.1 Å². The molecule has 0 aromatic rings. The fourth-order valence-corrected chi connectivity index (χ4v) is 4.17. The van der Waals surface area contributed by atoms with Crippen molar-refractivity contribution in [2.75, 3.05) is 28.9 Å². The summed E-state index contributed by atoms with van der Waals surface area (Å²) < 4.78 is 22.6. The van der Waals surface area contributed by atoms with Gasteiger partial charge < -0.3 is 0 Å². The fraction of sp³-hybridized carbons (Fsp3) is 1.00. The lowest BCUT2D eigenvalue weighted by atomic mass is 10.3. The highest BCUT2D eigenvalue weighted by Gasteiger charge is 2.09. The topological polar surface area (TPSA) is 34.1 Å². The smallest absolute Gasteiger partial charge is 0.151 e. The molecular weight excluding hydrogens is 240 g/mol. The van der Waals surface area contributed by atoms with Crippen molar-refractivity contribution in [3.63, 3.8) is 0 Å². The maximum atomic E-state index is 11.3. The van der Waals surface area contributed by atoms with Gasteiger partial charge in [0, 0.05) is 17.4 Å². The Bertz CT molecular complexity index is 227. The predicted molar refractivity (Wildman–Crippen MR) is 66.2 cm³/mol. The van der Waals surface area contributed by atoms with Crippen molar-refractivity contribution < 1.29 is 8.42 Å². The number of halogens is 1. The average molecular weight is 259 g/mol. The zero-order valence-electron chi connectivity index (χ0n) is 8.83. The Hall–Kier alpha value is 0.590. The molecule has 5 heteroatoms. The Morgan fingerprint density at radius 2 is 2.00 bits per heavy atom. The molecule has 0 aromatic carbocycles. The molecule has 0 aromatic heterocycles. The van der Waals surface area contributed by atoms with E-state index in [0.717, 1.165) is 5.75 Å². The van der Waals surface area contributed by atoms with Crippen molar-refractivity contribution in [1.82, 2.24) is 0 Å². The summed E-state index contributed by atoms with van der Waals surface area (Å²) in [7, 11) is -2.79. The fourth-order valence-electron chi connectivity index (χ4n) is 0.928. The molecule has 14 heavy (non-hydrogen) atoms. The second-order valence-electron chi connectivity index (χ2n) is 3.49. The molecule has 2 nitrogen and oxygen atoms in total. The Balaban J connectivity index is 3.54. The van der Waals surface area contributed by atoms with E-state index >= 15 is 0 Å². The third-order valence-corrected chi connectivity index (χ3v) is 5.66. The largest absolute Gasteiger partial charge is 0.229 e. The summed E-state index contributed by atoms with van der Waals surface area (Å²) in [6.07, 6.45) is 0.713. The van der Waals surface area contributed by atoms with E-state index in [1.807, 2.05) is 6.92 Å². The van der Waals surface area contributed by atoms with Gasteiger partial charge in [0.05, 0.1) is 5.75 Å². The molecule has 0 N–H and O–H groups in total. The SMILES string of the molecule is CCCS(=O)(=O)CCSCC(C)CCl. The van der Waals surface area contributed by atoms with Gasteiger partial charge in [0.15, 0.2) is 9.84 Å². The van der Waals surface area contributed by atoms with Crippen molar-refractivity contribution in [2.24, 2.45) is 5.92 Å². The first kappa shape index (κ1) is 14.6. The van der Waals surface area contributed by atoms with Gasteiger partial charge in [-0.25, -0.2) is 8.42 Å². The molecule has 0 amide bonds. The zero-order chi connectivity index (χ0) is 11.0. The van der Waals surface area contributed by atoms with E-state index in [2.05, 4.69) is 6.92 Å². The summed E-state index contributed by atoms with van der Waals surface area (Å²) in [6, 6.07) is 0. The number of thioether (sulfide) groups is 1. The van der Waals surface area contributed by atoms with Crippen molar-refractivity contribution in [3.8, 4) is 0 Å². The number of hydrogen-bond donors (Lipinski definition) is 0. The van der Waals surface area contributed by atoms with Gasteiger partial charge in [-0.3, -0.25) is 0 Å². The Kier molecular flexibility index (Phi) is 8.16. The minimum Gasteiger partial charge on any atom is -0.229 e. The summed E-state index contributed by atoms with van der Waals surface area (Å²) in [6.45, 7) is 3.96.